The molecule has 0 N–H and O–H groups in total. The summed E-state index contributed by atoms with van der Waals surface area (Å²) >= 11 is 0. The van der Waals surface area contributed by atoms with E-state index in [9.17, 15) is 0 Å². The summed E-state index contributed by atoms with van der Waals surface area (Å²) in [6, 6.07) is 20.6. The Kier molecular flexibility index (Phi) is 8.38. The van der Waals surface area contributed by atoms with E-state index >= 15 is 0 Å². The van der Waals surface area contributed by atoms with Crippen LogP contribution in [-0.2, 0) is 12.8 Å². The van der Waals surface area contributed by atoms with Gasteiger partial charge < -0.3 is 4.42 Å². The smallest absolute Gasteiger partial charge is 0.227 e. The minimum Gasteiger partial charge on any atom is -0.438 e. The first-order valence-electron chi connectivity index (χ1n) is 17.5. The van der Waals surface area contributed by atoms with Gasteiger partial charge in [0.15, 0.2) is 12.2 Å². The monoisotopic (exact) mass is 638 g/mol. The highest BCUT2D eigenvalue weighted by Crippen LogP contribution is 2.44. The van der Waals surface area contributed by atoms with Crippen molar-refractivity contribution in [2.45, 2.75) is 90.9 Å². The molecule has 7 rings (SSSR count). The van der Waals surface area contributed by atoms with E-state index in [0.29, 0.717) is 17.5 Å². The number of pyridine rings is 2. The van der Waals surface area contributed by atoms with Crippen LogP contribution in [0, 0.1) is 5.92 Å². The van der Waals surface area contributed by atoms with Crippen LogP contribution in [0.15, 0.2) is 101 Å². The lowest BCUT2D eigenvalue weighted by Crippen LogP contribution is -2.54. The molecule has 0 saturated heterocycles. The second-order valence-electron chi connectivity index (χ2n) is 15.1. The van der Waals surface area contributed by atoms with Gasteiger partial charge in [-0.15, -0.1) is 0 Å². The highest BCUT2D eigenvalue weighted by Gasteiger charge is 2.42. The summed E-state index contributed by atoms with van der Waals surface area (Å²) in [7, 11) is -1.62. The van der Waals surface area contributed by atoms with Crippen LogP contribution in [0.4, 0.5) is 0 Å². The molecule has 0 radical (unpaired) electrons. The Bertz CT molecular complexity index is 2060. The number of hydrogen-bond acceptors (Lipinski definition) is 3. The summed E-state index contributed by atoms with van der Waals surface area (Å²) in [4.78, 5) is 9.86. The van der Waals surface area contributed by atoms with Gasteiger partial charge in [0, 0.05) is 51.0 Å². The van der Waals surface area contributed by atoms with Crippen molar-refractivity contribution in [1.29, 1.82) is 0 Å². The molecule has 0 fully saturated rings. The van der Waals surface area contributed by atoms with Crippen LogP contribution in [-0.4, -0.2) is 18.8 Å². The Hall–Kier alpha value is -4.09. The highest BCUT2D eigenvalue weighted by molar-refractivity contribution is 6.89. The molecule has 2 unspecified atom stereocenters. The summed E-state index contributed by atoms with van der Waals surface area (Å²) in [6.45, 7) is 19.0. The summed E-state index contributed by atoms with van der Waals surface area (Å²) in [5, 5.41) is 3.77. The summed E-state index contributed by atoms with van der Waals surface area (Å²) in [6.07, 6.45) is 14.8. The van der Waals surface area contributed by atoms with Gasteiger partial charge in [-0.05, 0) is 84.7 Å². The number of furan rings is 1. The van der Waals surface area contributed by atoms with Crippen molar-refractivity contribution in [2.75, 3.05) is 0 Å². The number of allylic oxidation sites excluding steroid dienone is 3. The number of aliphatic imine (C=N–C) groups is 1. The first kappa shape index (κ1) is 31.5. The Balaban J connectivity index is 1.43. The lowest BCUT2D eigenvalue weighted by Gasteiger charge is -2.33. The zero-order valence-electron chi connectivity index (χ0n) is 28.9. The molecule has 0 spiro atoms. The molecule has 2 aromatic carbocycles. The van der Waals surface area contributed by atoms with Gasteiger partial charge in [0.25, 0.3) is 0 Å². The Morgan fingerprint density at radius 2 is 1.87 bits per heavy atom. The fourth-order valence-corrected chi connectivity index (χ4v) is 9.55. The van der Waals surface area contributed by atoms with Crippen LogP contribution in [0.2, 0.25) is 19.6 Å². The molecular weight excluding hydrogens is 591 g/mol. The highest BCUT2D eigenvalue weighted by atomic mass is 28.3. The second kappa shape index (κ2) is 12.5. The van der Waals surface area contributed by atoms with Crippen molar-refractivity contribution in [3.05, 3.63) is 114 Å². The molecule has 2 aliphatic rings. The maximum atomic E-state index is 6.28. The molecule has 5 heteroatoms. The van der Waals surface area contributed by atoms with Crippen LogP contribution in [0.25, 0.3) is 33.3 Å². The topological polar surface area (TPSA) is 42.3 Å². The van der Waals surface area contributed by atoms with Gasteiger partial charge in [-0.3, -0.25) is 4.99 Å². The molecule has 0 bridgehead atoms. The SMILES string of the molecule is C=C1CC2C(CCc3cc4c(cc3C(/C=C\CCC)=N\1)oc1ncccc14)c1ccccc1-c1cc(CC(C)C)c([Si](C)(C)C)c[n+]12. The maximum absolute atomic E-state index is 6.28. The Morgan fingerprint density at radius 1 is 1.04 bits per heavy atom. The Labute approximate surface area is 281 Å². The molecule has 4 nitrogen and oxygen atoms in total. The van der Waals surface area contributed by atoms with E-state index in [1.807, 2.05) is 6.07 Å². The fraction of sp³-hybridized carbons (Fsp3) is 0.357. The zero-order chi connectivity index (χ0) is 32.9. The number of aryl methyl sites for hydroxylation is 1. The summed E-state index contributed by atoms with van der Waals surface area (Å²) < 4.78 is 8.92. The number of benzene rings is 2. The van der Waals surface area contributed by atoms with Gasteiger partial charge in [-0.2, -0.15) is 4.57 Å². The van der Waals surface area contributed by atoms with Gasteiger partial charge in [0.05, 0.1) is 20.2 Å². The van der Waals surface area contributed by atoms with Crippen LogP contribution in [0.1, 0.15) is 80.7 Å². The van der Waals surface area contributed by atoms with Crippen molar-refractivity contribution in [3.8, 4) is 11.3 Å². The van der Waals surface area contributed by atoms with Crippen LogP contribution < -0.4 is 9.75 Å². The number of nitrogens with zero attached hydrogens (tertiary/aromatic N) is 3. The van der Waals surface area contributed by atoms with Gasteiger partial charge in [0.1, 0.15) is 5.58 Å². The largest absolute Gasteiger partial charge is 0.438 e. The molecule has 0 aliphatic carbocycles. The third-order valence-electron chi connectivity index (χ3n) is 10.0. The molecule has 5 heterocycles. The van der Waals surface area contributed by atoms with Crippen molar-refractivity contribution < 1.29 is 8.98 Å². The number of aromatic nitrogens is 2. The summed E-state index contributed by atoms with van der Waals surface area (Å²) in [5.41, 5.74) is 11.6. The van der Waals surface area contributed by atoms with Gasteiger partial charge >= 0.3 is 0 Å². The van der Waals surface area contributed by atoms with Crippen molar-refractivity contribution >= 4 is 41.0 Å². The predicted octanol–water partition coefficient (Wildman–Crippen LogP) is 10.0. The van der Waals surface area contributed by atoms with E-state index in [0.717, 1.165) is 71.9 Å². The average Bonchev–Trinajstić information content (AvgIpc) is 3.40. The van der Waals surface area contributed by atoms with E-state index in [4.69, 9.17) is 9.41 Å². The van der Waals surface area contributed by atoms with Crippen LogP contribution >= 0.6 is 0 Å². The van der Waals surface area contributed by atoms with Crippen molar-refractivity contribution in [1.82, 2.24) is 4.98 Å². The van der Waals surface area contributed by atoms with E-state index in [2.05, 4.69) is 123 Å². The molecule has 0 amide bonds. The molecule has 47 heavy (non-hydrogen) atoms. The first-order valence-corrected chi connectivity index (χ1v) is 21.0. The van der Waals surface area contributed by atoms with E-state index in [1.54, 1.807) is 11.4 Å². The summed E-state index contributed by atoms with van der Waals surface area (Å²) in [5.74, 6) is 0.945. The van der Waals surface area contributed by atoms with E-state index < -0.39 is 8.07 Å². The average molecular weight is 639 g/mol. The van der Waals surface area contributed by atoms with Gasteiger partial charge in [-0.25, -0.2) is 4.98 Å². The van der Waals surface area contributed by atoms with Crippen molar-refractivity contribution in [2.24, 2.45) is 10.9 Å². The van der Waals surface area contributed by atoms with Gasteiger partial charge in [-0.1, -0.05) is 77.7 Å². The first-order chi connectivity index (χ1) is 22.6. The minimum atomic E-state index is -1.62. The molecule has 2 atom stereocenters. The number of fused-ring (bicyclic) bond motifs is 10. The van der Waals surface area contributed by atoms with Gasteiger partial charge in [0.2, 0.25) is 11.4 Å². The molecule has 240 valence electrons. The third kappa shape index (κ3) is 5.95. The lowest BCUT2D eigenvalue weighted by atomic mass is 9.77. The standard InChI is InChI=1S/C42H48N3OSi/c1-8-9-10-17-37-35-25-40-36(34-16-13-20-43-42(34)46-40)23-29(35)18-19-33-31-14-11-12-15-32(31)39-24-30(21-27(2)3)41(47(5,6)7)26-45(39)38(33)22-28(4)44-37/h10-17,20,23-27,33,38H,4,8-9,18-19,21-22H2,1-3,5-7H3/q+1/b17-10-,44-37-. The zero-order valence-corrected chi connectivity index (χ0v) is 29.9. The molecular formula is C42H48N3OSi+. The van der Waals surface area contributed by atoms with Crippen LogP contribution in [0.5, 0.6) is 0 Å². The minimum absolute atomic E-state index is 0.240. The second-order valence-corrected chi connectivity index (χ2v) is 20.1. The van der Waals surface area contributed by atoms with Crippen LogP contribution in [0.3, 0.4) is 0 Å². The maximum Gasteiger partial charge on any atom is 0.227 e. The molecule has 5 aromatic rings. The normalized spacial score (nSPS) is 19.4. The third-order valence-corrected chi connectivity index (χ3v) is 12.1. The number of hydrogen-bond donors (Lipinski definition) is 0. The predicted molar refractivity (Wildman–Crippen MR) is 200 cm³/mol. The Morgan fingerprint density at radius 3 is 2.66 bits per heavy atom. The quantitative estimate of drug-likeness (QED) is 0.137. The molecule has 2 aliphatic heterocycles. The van der Waals surface area contributed by atoms with E-state index in [-0.39, 0.29) is 6.04 Å². The number of unbranched alkanes of at least 4 members (excludes halogenated alkanes) is 1. The number of rotatable bonds is 6. The van der Waals surface area contributed by atoms with Crippen molar-refractivity contribution in [3.63, 3.8) is 0 Å². The fourth-order valence-electron chi connectivity index (χ4n) is 7.89. The molecule has 0 saturated carbocycles. The molecule has 3 aromatic heterocycles. The van der Waals surface area contributed by atoms with E-state index in [1.165, 1.54) is 27.9 Å². The lowest BCUT2D eigenvalue weighted by molar-refractivity contribution is -0.717.